The van der Waals surface area contributed by atoms with Crippen molar-refractivity contribution in [1.82, 2.24) is 5.32 Å². The highest BCUT2D eigenvalue weighted by Gasteiger charge is 2.13. The van der Waals surface area contributed by atoms with Crippen LogP contribution in [0.1, 0.15) is 31.9 Å². The molecule has 0 spiro atoms. The fourth-order valence-corrected chi connectivity index (χ4v) is 1.51. The Hall–Kier alpha value is -2.28. The molecule has 1 aromatic carbocycles. The van der Waals surface area contributed by atoms with E-state index in [1.807, 2.05) is 58.9 Å². The van der Waals surface area contributed by atoms with Gasteiger partial charge in [0.15, 0.2) is 0 Å². The molecular weight excluding hydrogens is 250 g/mol. The molecule has 0 aliphatic heterocycles. The SMILES string of the molecule is Cc1cccc(NC(=O)/C(C#N)=C\NC(C)(C)C)c1C. The summed E-state index contributed by atoms with van der Waals surface area (Å²) in [5, 5.41) is 14.9. The maximum Gasteiger partial charge on any atom is 0.267 e. The molecule has 0 aliphatic rings. The Morgan fingerprint density at radius 2 is 1.95 bits per heavy atom. The van der Waals surface area contributed by atoms with Crippen LogP contribution in [0.25, 0.3) is 0 Å². The highest BCUT2D eigenvalue weighted by molar-refractivity contribution is 6.06. The Morgan fingerprint density at radius 1 is 1.30 bits per heavy atom. The summed E-state index contributed by atoms with van der Waals surface area (Å²) in [5.74, 6) is -0.405. The van der Waals surface area contributed by atoms with Gasteiger partial charge in [0.2, 0.25) is 0 Å². The Morgan fingerprint density at radius 3 is 2.50 bits per heavy atom. The van der Waals surface area contributed by atoms with E-state index in [-0.39, 0.29) is 11.1 Å². The van der Waals surface area contributed by atoms with Gasteiger partial charge in [0.25, 0.3) is 5.91 Å². The summed E-state index contributed by atoms with van der Waals surface area (Å²) >= 11 is 0. The first kappa shape index (κ1) is 15.8. The predicted octanol–water partition coefficient (Wildman–Crippen LogP) is 3.04. The number of amides is 1. The van der Waals surface area contributed by atoms with Gasteiger partial charge in [0.05, 0.1) is 0 Å². The zero-order valence-corrected chi connectivity index (χ0v) is 12.7. The van der Waals surface area contributed by atoms with Crippen molar-refractivity contribution in [2.45, 2.75) is 40.2 Å². The zero-order chi connectivity index (χ0) is 15.3. The van der Waals surface area contributed by atoms with Gasteiger partial charge in [0, 0.05) is 17.4 Å². The topological polar surface area (TPSA) is 64.9 Å². The lowest BCUT2D eigenvalue weighted by atomic mass is 10.1. The first-order valence-electron chi connectivity index (χ1n) is 6.50. The normalized spacial score (nSPS) is 11.7. The summed E-state index contributed by atoms with van der Waals surface area (Å²) in [7, 11) is 0. The van der Waals surface area contributed by atoms with Crippen LogP contribution in [0, 0.1) is 25.2 Å². The summed E-state index contributed by atoms with van der Waals surface area (Å²) < 4.78 is 0. The fraction of sp³-hybridized carbons (Fsp3) is 0.375. The molecule has 4 nitrogen and oxygen atoms in total. The van der Waals surface area contributed by atoms with Crippen LogP contribution in [-0.2, 0) is 4.79 Å². The van der Waals surface area contributed by atoms with Crippen molar-refractivity contribution in [1.29, 1.82) is 5.26 Å². The predicted molar refractivity (Wildman–Crippen MR) is 81.1 cm³/mol. The molecule has 106 valence electrons. The molecule has 1 aromatic rings. The van der Waals surface area contributed by atoms with Gasteiger partial charge in [-0.15, -0.1) is 0 Å². The van der Waals surface area contributed by atoms with E-state index in [0.29, 0.717) is 0 Å². The average Bonchev–Trinajstić information content (AvgIpc) is 2.34. The van der Waals surface area contributed by atoms with Gasteiger partial charge in [-0.25, -0.2) is 0 Å². The summed E-state index contributed by atoms with van der Waals surface area (Å²) in [5.41, 5.74) is 2.69. The number of nitrogens with one attached hydrogen (secondary N) is 2. The molecule has 2 N–H and O–H groups in total. The van der Waals surface area contributed by atoms with Crippen molar-refractivity contribution in [3.63, 3.8) is 0 Å². The van der Waals surface area contributed by atoms with Gasteiger partial charge in [-0.3, -0.25) is 4.79 Å². The Labute approximate surface area is 120 Å². The number of anilines is 1. The third kappa shape index (κ3) is 4.43. The lowest BCUT2D eigenvalue weighted by molar-refractivity contribution is -0.112. The minimum atomic E-state index is -0.405. The van der Waals surface area contributed by atoms with Gasteiger partial charge in [0.1, 0.15) is 11.6 Å². The summed E-state index contributed by atoms with van der Waals surface area (Å²) in [6.07, 6.45) is 1.46. The molecule has 20 heavy (non-hydrogen) atoms. The van der Waals surface area contributed by atoms with Gasteiger partial charge >= 0.3 is 0 Å². The fourth-order valence-electron chi connectivity index (χ4n) is 1.51. The van der Waals surface area contributed by atoms with Crippen LogP contribution in [0.3, 0.4) is 0 Å². The molecule has 0 fully saturated rings. The van der Waals surface area contributed by atoms with E-state index in [1.165, 1.54) is 6.20 Å². The van der Waals surface area contributed by atoms with E-state index in [2.05, 4.69) is 10.6 Å². The molecule has 0 heterocycles. The third-order valence-corrected chi connectivity index (χ3v) is 2.87. The maximum absolute atomic E-state index is 12.1. The second kappa shape index (κ2) is 6.25. The van der Waals surface area contributed by atoms with Crippen LogP contribution in [-0.4, -0.2) is 11.4 Å². The van der Waals surface area contributed by atoms with E-state index in [1.54, 1.807) is 0 Å². The average molecular weight is 271 g/mol. The Balaban J connectivity index is 2.89. The monoisotopic (exact) mass is 271 g/mol. The summed E-state index contributed by atoms with van der Waals surface area (Å²) in [4.78, 5) is 12.1. The van der Waals surface area contributed by atoms with Crippen LogP contribution in [0.15, 0.2) is 30.0 Å². The highest BCUT2D eigenvalue weighted by Crippen LogP contribution is 2.18. The van der Waals surface area contributed by atoms with Crippen LogP contribution in [0.5, 0.6) is 0 Å². The largest absolute Gasteiger partial charge is 0.385 e. The number of benzene rings is 1. The van der Waals surface area contributed by atoms with Gasteiger partial charge < -0.3 is 10.6 Å². The van der Waals surface area contributed by atoms with Crippen molar-refractivity contribution in [2.75, 3.05) is 5.32 Å². The molecule has 0 radical (unpaired) electrons. The highest BCUT2D eigenvalue weighted by atomic mass is 16.1. The number of nitriles is 1. The molecule has 4 heteroatoms. The standard InChI is InChI=1S/C16H21N3O/c1-11-7-6-8-14(12(11)2)19-15(20)13(9-17)10-18-16(3,4)5/h6-8,10,18H,1-5H3,(H,19,20)/b13-10-. The van der Waals surface area contributed by atoms with Crippen LogP contribution in [0.2, 0.25) is 0 Å². The number of aryl methyl sites for hydroxylation is 1. The number of hydrogen-bond donors (Lipinski definition) is 2. The molecule has 0 aliphatic carbocycles. The molecule has 1 rings (SSSR count). The lowest BCUT2D eigenvalue weighted by Crippen LogP contribution is -2.32. The van der Waals surface area contributed by atoms with Crippen molar-refractivity contribution in [2.24, 2.45) is 0 Å². The van der Waals surface area contributed by atoms with Crippen LogP contribution in [0.4, 0.5) is 5.69 Å². The third-order valence-electron chi connectivity index (χ3n) is 2.87. The number of rotatable bonds is 3. The summed E-state index contributed by atoms with van der Waals surface area (Å²) in [6.45, 7) is 9.80. The summed E-state index contributed by atoms with van der Waals surface area (Å²) in [6, 6.07) is 7.60. The van der Waals surface area contributed by atoms with E-state index in [0.717, 1.165) is 16.8 Å². The smallest absolute Gasteiger partial charge is 0.267 e. The molecule has 0 bridgehead atoms. The van der Waals surface area contributed by atoms with E-state index in [4.69, 9.17) is 5.26 Å². The van der Waals surface area contributed by atoms with Gasteiger partial charge in [-0.05, 0) is 51.8 Å². The number of nitrogens with zero attached hydrogens (tertiary/aromatic N) is 1. The van der Waals surface area contributed by atoms with Gasteiger partial charge in [-0.1, -0.05) is 12.1 Å². The molecule has 0 saturated carbocycles. The van der Waals surface area contributed by atoms with Crippen molar-refractivity contribution in [3.05, 3.63) is 41.1 Å². The zero-order valence-electron chi connectivity index (χ0n) is 12.7. The minimum absolute atomic E-state index is 0.0563. The van der Waals surface area contributed by atoms with E-state index in [9.17, 15) is 4.79 Å². The Bertz CT molecular complexity index is 574. The first-order valence-corrected chi connectivity index (χ1v) is 6.50. The molecule has 0 aromatic heterocycles. The van der Waals surface area contributed by atoms with Crippen molar-refractivity contribution >= 4 is 11.6 Å². The second-order valence-electron chi connectivity index (χ2n) is 5.77. The van der Waals surface area contributed by atoms with Crippen molar-refractivity contribution in [3.8, 4) is 6.07 Å². The molecule has 0 atom stereocenters. The molecule has 0 saturated heterocycles. The molecule has 1 amide bonds. The van der Waals surface area contributed by atoms with E-state index >= 15 is 0 Å². The number of carbonyl (C=O) groups excluding carboxylic acids is 1. The first-order chi connectivity index (χ1) is 9.24. The minimum Gasteiger partial charge on any atom is -0.385 e. The maximum atomic E-state index is 12.1. The van der Waals surface area contributed by atoms with Crippen molar-refractivity contribution < 1.29 is 4.79 Å². The lowest BCUT2D eigenvalue weighted by Gasteiger charge is -2.19. The molecular formula is C16H21N3O. The molecule has 0 unspecified atom stereocenters. The van der Waals surface area contributed by atoms with E-state index < -0.39 is 5.91 Å². The van der Waals surface area contributed by atoms with Crippen LogP contribution >= 0.6 is 0 Å². The quantitative estimate of drug-likeness (QED) is 0.656. The number of carbonyl (C=O) groups is 1. The second-order valence-corrected chi connectivity index (χ2v) is 5.77. The van der Waals surface area contributed by atoms with Crippen LogP contribution < -0.4 is 10.6 Å². The number of hydrogen-bond acceptors (Lipinski definition) is 3. The van der Waals surface area contributed by atoms with Gasteiger partial charge in [-0.2, -0.15) is 5.26 Å². The Kier molecular flexibility index (Phi) is 4.93.